The Balaban J connectivity index is 2.11. The largest absolute Gasteiger partial charge is 0.344 e. The monoisotopic (exact) mass is 324 g/mol. The zero-order chi connectivity index (χ0) is 13.0. The molecule has 0 fully saturated rings. The molecule has 0 aromatic carbocycles. The minimum absolute atomic E-state index is 0.0710. The van der Waals surface area contributed by atoms with Crippen molar-refractivity contribution in [2.75, 3.05) is 0 Å². The number of pyridine rings is 1. The van der Waals surface area contributed by atoms with E-state index in [4.69, 9.17) is 0 Å². The van der Waals surface area contributed by atoms with Crippen LogP contribution in [0.2, 0.25) is 0 Å². The van der Waals surface area contributed by atoms with Gasteiger partial charge in [0.25, 0.3) is 5.91 Å². The van der Waals surface area contributed by atoms with Gasteiger partial charge in [0.15, 0.2) is 0 Å². The van der Waals surface area contributed by atoms with E-state index in [0.717, 1.165) is 6.42 Å². The van der Waals surface area contributed by atoms with Crippen molar-refractivity contribution in [1.29, 1.82) is 0 Å². The maximum atomic E-state index is 12.1. The lowest BCUT2D eigenvalue weighted by Gasteiger charge is -2.15. The summed E-state index contributed by atoms with van der Waals surface area (Å²) < 4.78 is 0.666. The Morgan fingerprint density at radius 2 is 2.39 bits per heavy atom. The van der Waals surface area contributed by atoms with Crippen LogP contribution in [0.25, 0.3) is 0 Å². The molecule has 0 spiro atoms. The standard InChI is InChI=1S/C13H13BrN2OS/c1-2-10(11-4-3-7-18-11)16-13(17)9-5-6-15-12(14)8-9/h3-8,10H,2H2,1H3,(H,16,17). The molecule has 2 heterocycles. The van der Waals surface area contributed by atoms with Crippen molar-refractivity contribution in [3.05, 3.63) is 50.9 Å². The number of carbonyl (C=O) groups excluding carboxylic acids is 1. The molecular formula is C13H13BrN2OS. The average molecular weight is 325 g/mol. The second-order valence-corrected chi connectivity index (χ2v) is 5.61. The van der Waals surface area contributed by atoms with Crippen LogP contribution in [0, 0.1) is 0 Å². The lowest BCUT2D eigenvalue weighted by Crippen LogP contribution is -2.27. The molecule has 0 aliphatic carbocycles. The first-order chi connectivity index (χ1) is 8.70. The SMILES string of the molecule is CCC(NC(=O)c1ccnc(Br)c1)c1cccs1. The summed E-state index contributed by atoms with van der Waals surface area (Å²) in [6, 6.07) is 7.54. The van der Waals surface area contributed by atoms with Crippen molar-refractivity contribution in [1.82, 2.24) is 10.3 Å². The number of nitrogens with zero attached hydrogens (tertiary/aromatic N) is 1. The van der Waals surface area contributed by atoms with E-state index < -0.39 is 0 Å². The van der Waals surface area contributed by atoms with E-state index in [1.165, 1.54) is 4.88 Å². The highest BCUT2D eigenvalue weighted by atomic mass is 79.9. The number of amides is 1. The second-order valence-electron chi connectivity index (χ2n) is 3.82. The number of thiophene rings is 1. The van der Waals surface area contributed by atoms with Crippen LogP contribution >= 0.6 is 27.3 Å². The average Bonchev–Trinajstić information content (AvgIpc) is 2.89. The minimum atomic E-state index is -0.0710. The first-order valence-electron chi connectivity index (χ1n) is 5.66. The zero-order valence-electron chi connectivity index (χ0n) is 9.89. The maximum absolute atomic E-state index is 12.1. The topological polar surface area (TPSA) is 42.0 Å². The molecule has 2 aromatic heterocycles. The van der Waals surface area contributed by atoms with Crippen molar-refractivity contribution >= 4 is 33.2 Å². The van der Waals surface area contributed by atoms with Gasteiger partial charge in [0.2, 0.25) is 0 Å². The number of nitrogens with one attached hydrogen (secondary N) is 1. The summed E-state index contributed by atoms with van der Waals surface area (Å²) in [7, 11) is 0. The number of aromatic nitrogens is 1. The Morgan fingerprint density at radius 3 is 3.00 bits per heavy atom. The molecule has 0 saturated heterocycles. The van der Waals surface area contributed by atoms with Gasteiger partial charge in [-0.1, -0.05) is 13.0 Å². The number of halogens is 1. The van der Waals surface area contributed by atoms with Gasteiger partial charge < -0.3 is 5.32 Å². The fraction of sp³-hybridized carbons (Fsp3) is 0.231. The number of hydrogen-bond donors (Lipinski definition) is 1. The molecule has 94 valence electrons. The van der Waals surface area contributed by atoms with E-state index in [9.17, 15) is 4.79 Å². The van der Waals surface area contributed by atoms with Gasteiger partial charge in [0.05, 0.1) is 6.04 Å². The van der Waals surface area contributed by atoms with Crippen molar-refractivity contribution in [2.45, 2.75) is 19.4 Å². The summed E-state index contributed by atoms with van der Waals surface area (Å²) in [6.45, 7) is 2.06. The normalized spacial score (nSPS) is 12.1. The predicted molar refractivity (Wildman–Crippen MR) is 76.8 cm³/mol. The molecule has 2 aromatic rings. The molecule has 0 saturated carbocycles. The van der Waals surface area contributed by atoms with Gasteiger partial charge in [-0.3, -0.25) is 4.79 Å². The molecule has 0 bridgehead atoms. The van der Waals surface area contributed by atoms with E-state index in [-0.39, 0.29) is 11.9 Å². The molecule has 2 rings (SSSR count). The molecule has 1 amide bonds. The van der Waals surface area contributed by atoms with Crippen LogP contribution in [-0.2, 0) is 0 Å². The van der Waals surface area contributed by atoms with E-state index >= 15 is 0 Å². The highest BCUT2D eigenvalue weighted by Gasteiger charge is 2.14. The van der Waals surface area contributed by atoms with Crippen LogP contribution in [-0.4, -0.2) is 10.9 Å². The van der Waals surface area contributed by atoms with Gasteiger partial charge in [0.1, 0.15) is 4.60 Å². The number of carbonyl (C=O) groups is 1. The third-order valence-electron chi connectivity index (χ3n) is 2.59. The van der Waals surface area contributed by atoms with Crippen LogP contribution in [0.4, 0.5) is 0 Å². The highest BCUT2D eigenvalue weighted by molar-refractivity contribution is 9.10. The first-order valence-corrected chi connectivity index (χ1v) is 7.33. The third-order valence-corrected chi connectivity index (χ3v) is 4.01. The Morgan fingerprint density at radius 1 is 1.56 bits per heavy atom. The molecule has 18 heavy (non-hydrogen) atoms. The number of hydrogen-bond acceptors (Lipinski definition) is 3. The van der Waals surface area contributed by atoms with Crippen molar-refractivity contribution in [2.24, 2.45) is 0 Å². The van der Waals surface area contributed by atoms with Gasteiger partial charge in [-0.05, 0) is 45.9 Å². The molecule has 0 aliphatic rings. The molecule has 5 heteroatoms. The van der Waals surface area contributed by atoms with Crippen molar-refractivity contribution in [3.63, 3.8) is 0 Å². The quantitative estimate of drug-likeness (QED) is 0.869. The molecule has 1 atom stereocenters. The van der Waals surface area contributed by atoms with Gasteiger partial charge in [0, 0.05) is 16.6 Å². The van der Waals surface area contributed by atoms with Gasteiger partial charge >= 0.3 is 0 Å². The molecule has 0 radical (unpaired) electrons. The molecule has 3 nitrogen and oxygen atoms in total. The molecular weight excluding hydrogens is 312 g/mol. The molecule has 1 unspecified atom stereocenters. The molecule has 0 aliphatic heterocycles. The lowest BCUT2D eigenvalue weighted by molar-refractivity contribution is 0.0936. The minimum Gasteiger partial charge on any atom is -0.344 e. The van der Waals surface area contributed by atoms with Crippen molar-refractivity contribution in [3.8, 4) is 0 Å². The Labute approximate surface area is 118 Å². The second kappa shape index (κ2) is 6.11. The van der Waals surface area contributed by atoms with E-state index in [1.807, 2.05) is 17.5 Å². The van der Waals surface area contributed by atoms with Gasteiger partial charge in [-0.25, -0.2) is 4.98 Å². The fourth-order valence-electron chi connectivity index (χ4n) is 1.65. The van der Waals surface area contributed by atoms with Crippen LogP contribution in [0.5, 0.6) is 0 Å². The van der Waals surface area contributed by atoms with Gasteiger partial charge in [-0.2, -0.15) is 0 Å². The third kappa shape index (κ3) is 3.17. The summed E-state index contributed by atoms with van der Waals surface area (Å²) >= 11 is 4.92. The summed E-state index contributed by atoms with van der Waals surface area (Å²) in [5, 5.41) is 5.06. The Hall–Kier alpha value is -1.20. The fourth-order valence-corrected chi connectivity index (χ4v) is 2.88. The van der Waals surface area contributed by atoms with Crippen LogP contribution in [0.3, 0.4) is 0 Å². The Bertz CT molecular complexity index is 528. The maximum Gasteiger partial charge on any atom is 0.251 e. The van der Waals surface area contributed by atoms with Crippen molar-refractivity contribution < 1.29 is 4.79 Å². The lowest BCUT2D eigenvalue weighted by atomic mass is 10.1. The summed E-state index contributed by atoms with van der Waals surface area (Å²) in [5.41, 5.74) is 0.617. The summed E-state index contributed by atoms with van der Waals surface area (Å²) in [6.07, 6.45) is 2.49. The smallest absolute Gasteiger partial charge is 0.251 e. The van der Waals surface area contributed by atoms with E-state index in [1.54, 1.807) is 29.7 Å². The highest BCUT2D eigenvalue weighted by Crippen LogP contribution is 2.22. The molecule has 1 N–H and O–H groups in total. The van der Waals surface area contributed by atoms with Crippen LogP contribution in [0.15, 0.2) is 40.4 Å². The predicted octanol–water partition coefficient (Wildman–Crippen LogP) is 3.79. The van der Waals surface area contributed by atoms with Crippen LogP contribution < -0.4 is 5.32 Å². The van der Waals surface area contributed by atoms with Crippen LogP contribution in [0.1, 0.15) is 34.6 Å². The van der Waals surface area contributed by atoms with E-state index in [2.05, 4.69) is 33.2 Å². The Kier molecular flexibility index (Phi) is 4.49. The van der Waals surface area contributed by atoms with Gasteiger partial charge in [-0.15, -0.1) is 11.3 Å². The van der Waals surface area contributed by atoms with E-state index in [0.29, 0.717) is 10.2 Å². The number of rotatable bonds is 4. The zero-order valence-corrected chi connectivity index (χ0v) is 12.3. The first kappa shape index (κ1) is 13.2. The summed E-state index contributed by atoms with van der Waals surface area (Å²) in [5.74, 6) is -0.0710. The summed E-state index contributed by atoms with van der Waals surface area (Å²) in [4.78, 5) is 17.3.